The highest BCUT2D eigenvalue weighted by atomic mass is 19.4. The Morgan fingerprint density at radius 2 is 1.84 bits per heavy atom. The summed E-state index contributed by atoms with van der Waals surface area (Å²) >= 11 is 0. The van der Waals surface area contributed by atoms with E-state index >= 15 is 0 Å². The Labute approximate surface area is 211 Å². The quantitative estimate of drug-likeness (QED) is 0.484. The number of nitrogens with zero attached hydrogens (tertiary/aromatic N) is 3. The first-order valence-corrected chi connectivity index (χ1v) is 11.5. The molecule has 12 heteroatoms. The highest BCUT2D eigenvalue weighted by Gasteiger charge is 2.42. The van der Waals surface area contributed by atoms with E-state index in [0.29, 0.717) is 30.9 Å². The second-order valence-corrected chi connectivity index (χ2v) is 9.56. The molecule has 1 aliphatic rings. The monoisotopic (exact) mass is 517 g/mol. The molecule has 3 heterocycles. The van der Waals surface area contributed by atoms with Gasteiger partial charge in [-0.2, -0.15) is 13.2 Å². The Morgan fingerprint density at radius 1 is 1.11 bits per heavy atom. The average molecular weight is 518 g/mol. The Balaban J connectivity index is 1.41. The molecule has 0 radical (unpaired) electrons. The van der Waals surface area contributed by atoms with Gasteiger partial charge in [-0.1, -0.05) is 18.2 Å². The maximum atomic E-state index is 13.5. The number of hydrogen-bond donors (Lipinski definition) is 2. The number of benzene rings is 1. The van der Waals surface area contributed by atoms with Gasteiger partial charge in [0.05, 0.1) is 18.4 Å². The van der Waals surface area contributed by atoms with Gasteiger partial charge >= 0.3 is 12.3 Å². The van der Waals surface area contributed by atoms with E-state index < -0.39 is 35.2 Å². The lowest BCUT2D eigenvalue weighted by atomic mass is 10.1. The lowest BCUT2D eigenvalue weighted by Crippen LogP contribution is -2.42. The Hall–Kier alpha value is -4.09. The standard InChI is InChI=1S/C25H26F3N5O4/c1-24(2,3)32-23(35)36-17-11-12-33(14-17)18-10-9-16(13-29-18)30-21(34)19-20(25(26,27)28)37-22(31-19)15-7-5-4-6-8-15/h4-10,13,17H,11-12,14H2,1-3H3,(H,30,34)(H,32,35). The second-order valence-electron chi connectivity index (χ2n) is 9.56. The van der Waals surface area contributed by atoms with Crippen molar-refractivity contribution in [3.63, 3.8) is 0 Å². The minimum absolute atomic E-state index is 0.183. The van der Waals surface area contributed by atoms with Gasteiger partial charge in [0.25, 0.3) is 5.91 Å². The molecule has 1 unspecified atom stereocenters. The van der Waals surface area contributed by atoms with E-state index in [1.54, 1.807) is 24.3 Å². The van der Waals surface area contributed by atoms with Gasteiger partial charge < -0.3 is 24.7 Å². The zero-order valence-corrected chi connectivity index (χ0v) is 20.4. The van der Waals surface area contributed by atoms with Crippen molar-refractivity contribution < 1.29 is 31.9 Å². The van der Waals surface area contributed by atoms with Crippen LogP contribution >= 0.6 is 0 Å². The summed E-state index contributed by atoms with van der Waals surface area (Å²) in [4.78, 5) is 34.7. The van der Waals surface area contributed by atoms with Crippen LogP contribution in [-0.2, 0) is 10.9 Å². The van der Waals surface area contributed by atoms with Crippen molar-refractivity contribution in [1.29, 1.82) is 0 Å². The predicted octanol–water partition coefficient (Wildman–Crippen LogP) is 5.11. The highest BCUT2D eigenvalue weighted by molar-refractivity contribution is 6.04. The van der Waals surface area contributed by atoms with Crippen LogP contribution in [0.3, 0.4) is 0 Å². The van der Waals surface area contributed by atoms with Crippen molar-refractivity contribution >= 4 is 23.5 Å². The third-order valence-electron chi connectivity index (χ3n) is 5.35. The zero-order chi connectivity index (χ0) is 26.8. The van der Waals surface area contributed by atoms with Crippen molar-refractivity contribution in [1.82, 2.24) is 15.3 Å². The molecular formula is C25H26F3N5O4. The smallest absolute Gasteiger partial charge is 0.444 e. The summed E-state index contributed by atoms with van der Waals surface area (Å²) in [6, 6.07) is 11.1. The van der Waals surface area contributed by atoms with Gasteiger partial charge in [-0.15, -0.1) is 0 Å². The number of amides is 2. The fourth-order valence-corrected chi connectivity index (χ4v) is 3.73. The molecule has 4 rings (SSSR count). The molecule has 196 valence electrons. The largest absolute Gasteiger partial charge is 0.452 e. The summed E-state index contributed by atoms with van der Waals surface area (Å²) in [6.45, 7) is 6.60. The van der Waals surface area contributed by atoms with Gasteiger partial charge in [0.15, 0.2) is 5.69 Å². The van der Waals surface area contributed by atoms with Crippen LogP contribution in [0.25, 0.3) is 11.5 Å². The van der Waals surface area contributed by atoms with Crippen LogP contribution in [0.4, 0.5) is 29.5 Å². The Kier molecular flexibility index (Phi) is 7.10. The van der Waals surface area contributed by atoms with Crippen molar-refractivity contribution in [2.75, 3.05) is 23.3 Å². The number of oxazole rings is 1. The van der Waals surface area contributed by atoms with Crippen LogP contribution < -0.4 is 15.5 Å². The molecule has 1 fully saturated rings. The number of nitrogens with one attached hydrogen (secondary N) is 2. The van der Waals surface area contributed by atoms with E-state index in [1.807, 2.05) is 25.7 Å². The lowest BCUT2D eigenvalue weighted by molar-refractivity contribution is -0.153. The summed E-state index contributed by atoms with van der Waals surface area (Å²) in [6.07, 6.45) is -3.76. The normalized spacial score (nSPS) is 15.9. The molecule has 2 amide bonds. The molecule has 0 spiro atoms. The third kappa shape index (κ3) is 6.57. The summed E-state index contributed by atoms with van der Waals surface area (Å²) < 4.78 is 50.9. The van der Waals surface area contributed by atoms with E-state index in [0.717, 1.165) is 0 Å². The van der Waals surface area contributed by atoms with Crippen LogP contribution in [0, 0.1) is 0 Å². The van der Waals surface area contributed by atoms with Crippen LogP contribution in [0.2, 0.25) is 0 Å². The van der Waals surface area contributed by atoms with Gasteiger partial charge in [0.1, 0.15) is 11.9 Å². The first kappa shape index (κ1) is 26.0. The SMILES string of the molecule is CC(C)(C)NC(=O)OC1CCN(c2ccc(NC(=O)c3nc(-c4ccccc4)oc3C(F)(F)F)cn2)C1. The van der Waals surface area contributed by atoms with Crippen LogP contribution in [0.15, 0.2) is 53.1 Å². The Morgan fingerprint density at radius 3 is 2.46 bits per heavy atom. The minimum atomic E-state index is -4.91. The summed E-state index contributed by atoms with van der Waals surface area (Å²) in [5.41, 5.74) is -0.791. The average Bonchev–Trinajstić information content (AvgIpc) is 3.46. The Bertz CT molecular complexity index is 1250. The molecule has 3 aromatic rings. The number of halogens is 3. The maximum absolute atomic E-state index is 13.5. The van der Waals surface area contributed by atoms with Crippen molar-refractivity contribution in [3.05, 3.63) is 60.1 Å². The molecule has 0 saturated carbocycles. The van der Waals surface area contributed by atoms with E-state index in [9.17, 15) is 22.8 Å². The van der Waals surface area contributed by atoms with Crippen molar-refractivity contribution in [2.24, 2.45) is 0 Å². The fourth-order valence-electron chi connectivity index (χ4n) is 3.73. The maximum Gasteiger partial charge on any atom is 0.452 e. The van der Waals surface area contributed by atoms with Gasteiger partial charge in [0.2, 0.25) is 11.7 Å². The molecule has 9 nitrogen and oxygen atoms in total. The summed E-state index contributed by atoms with van der Waals surface area (Å²) in [7, 11) is 0. The number of ether oxygens (including phenoxy) is 1. The molecule has 1 saturated heterocycles. The number of carbonyl (C=O) groups is 2. The highest BCUT2D eigenvalue weighted by Crippen LogP contribution is 2.35. The number of anilines is 2. The number of pyridine rings is 1. The first-order chi connectivity index (χ1) is 17.4. The number of alkyl carbamates (subject to hydrolysis) is 1. The van der Waals surface area contributed by atoms with Crippen LogP contribution in [-0.4, -0.2) is 46.7 Å². The number of rotatable bonds is 5. The molecule has 37 heavy (non-hydrogen) atoms. The third-order valence-corrected chi connectivity index (χ3v) is 5.35. The number of hydrogen-bond acceptors (Lipinski definition) is 7. The number of aromatic nitrogens is 2. The molecule has 2 aromatic heterocycles. The van der Waals surface area contributed by atoms with Gasteiger partial charge in [-0.05, 0) is 45.0 Å². The van der Waals surface area contributed by atoms with E-state index in [-0.39, 0.29) is 17.7 Å². The van der Waals surface area contributed by atoms with Crippen LogP contribution in [0.5, 0.6) is 0 Å². The number of alkyl halides is 3. The van der Waals surface area contributed by atoms with Gasteiger partial charge in [0, 0.05) is 24.1 Å². The molecule has 2 N–H and O–H groups in total. The van der Waals surface area contributed by atoms with E-state index in [2.05, 4.69) is 20.6 Å². The topological polar surface area (TPSA) is 110 Å². The molecule has 1 atom stereocenters. The van der Waals surface area contributed by atoms with Crippen molar-refractivity contribution in [2.45, 2.75) is 45.0 Å². The van der Waals surface area contributed by atoms with Gasteiger partial charge in [-0.3, -0.25) is 4.79 Å². The molecule has 1 aromatic carbocycles. The van der Waals surface area contributed by atoms with Gasteiger partial charge in [-0.25, -0.2) is 14.8 Å². The first-order valence-electron chi connectivity index (χ1n) is 11.5. The van der Waals surface area contributed by atoms with E-state index in [4.69, 9.17) is 9.15 Å². The van der Waals surface area contributed by atoms with Crippen LogP contribution in [0.1, 0.15) is 43.4 Å². The minimum Gasteiger partial charge on any atom is -0.444 e. The molecule has 1 aliphatic heterocycles. The number of carbonyl (C=O) groups excluding carboxylic acids is 2. The predicted molar refractivity (Wildman–Crippen MR) is 129 cm³/mol. The van der Waals surface area contributed by atoms with E-state index in [1.165, 1.54) is 24.4 Å². The fraction of sp³-hybridized carbons (Fsp3) is 0.360. The summed E-state index contributed by atoms with van der Waals surface area (Å²) in [5.74, 6) is -2.29. The molecule has 0 bridgehead atoms. The summed E-state index contributed by atoms with van der Waals surface area (Å²) in [5, 5.41) is 5.14. The van der Waals surface area contributed by atoms with Crippen molar-refractivity contribution in [3.8, 4) is 11.5 Å². The molecular weight excluding hydrogens is 491 g/mol. The molecule has 0 aliphatic carbocycles. The lowest BCUT2D eigenvalue weighted by Gasteiger charge is -2.22. The second kappa shape index (κ2) is 10.1. The zero-order valence-electron chi connectivity index (χ0n) is 20.4.